The number of rotatable bonds is 3. The summed E-state index contributed by atoms with van der Waals surface area (Å²) in [4.78, 5) is 3.59. The molecule has 3 aromatic carbocycles. The van der Waals surface area contributed by atoms with E-state index in [4.69, 9.17) is 11.6 Å². The molecule has 29 heavy (non-hydrogen) atoms. The van der Waals surface area contributed by atoms with Crippen LogP contribution in [0.1, 0.15) is 0 Å². The van der Waals surface area contributed by atoms with Crippen molar-refractivity contribution in [1.29, 1.82) is 0 Å². The second-order valence-corrected chi connectivity index (χ2v) is 8.57. The van der Waals surface area contributed by atoms with Gasteiger partial charge in [-0.3, -0.25) is 4.98 Å². The SMILES string of the molecule is O=S(=O)(c1ccc(F)c(Cl)c1)c1cnc2cc(F)ccc2c1-c1cccc(F)c1. The van der Waals surface area contributed by atoms with Gasteiger partial charge in [-0.05, 0) is 48.0 Å². The Morgan fingerprint density at radius 2 is 1.62 bits per heavy atom. The Labute approximate surface area is 169 Å². The summed E-state index contributed by atoms with van der Waals surface area (Å²) in [7, 11) is -4.20. The summed E-state index contributed by atoms with van der Waals surface area (Å²) in [6.45, 7) is 0. The minimum absolute atomic E-state index is 0.162. The van der Waals surface area contributed by atoms with Crippen LogP contribution in [0.25, 0.3) is 22.0 Å². The normalized spacial score (nSPS) is 11.7. The van der Waals surface area contributed by atoms with E-state index in [2.05, 4.69) is 4.98 Å². The molecule has 8 heteroatoms. The Morgan fingerprint density at radius 1 is 0.862 bits per heavy atom. The molecule has 146 valence electrons. The molecule has 0 saturated heterocycles. The summed E-state index contributed by atoms with van der Waals surface area (Å²) in [5.74, 6) is -1.87. The van der Waals surface area contributed by atoms with Crippen LogP contribution >= 0.6 is 11.6 Å². The fourth-order valence-corrected chi connectivity index (χ4v) is 4.77. The van der Waals surface area contributed by atoms with Crippen molar-refractivity contribution in [2.75, 3.05) is 0 Å². The van der Waals surface area contributed by atoms with Gasteiger partial charge in [0.05, 0.1) is 20.3 Å². The molecule has 0 radical (unpaired) electrons. The Bertz CT molecular complexity index is 1370. The molecule has 0 aliphatic heterocycles. The fourth-order valence-electron chi connectivity index (χ4n) is 3.06. The fraction of sp³-hybridized carbons (Fsp3) is 0. The highest BCUT2D eigenvalue weighted by Gasteiger charge is 2.25. The predicted octanol–water partition coefficient (Wildman–Crippen LogP) is 5.81. The van der Waals surface area contributed by atoms with Crippen molar-refractivity contribution in [2.45, 2.75) is 9.79 Å². The van der Waals surface area contributed by atoms with Crippen LogP contribution in [0.15, 0.2) is 76.7 Å². The lowest BCUT2D eigenvalue weighted by Crippen LogP contribution is -2.06. The lowest BCUT2D eigenvalue weighted by atomic mass is 10.0. The highest BCUT2D eigenvalue weighted by Crippen LogP contribution is 2.37. The minimum atomic E-state index is -4.20. The summed E-state index contributed by atoms with van der Waals surface area (Å²) in [5, 5.41) is -0.0273. The molecule has 0 N–H and O–H groups in total. The molecular weight excluding hydrogens is 423 g/mol. The predicted molar refractivity (Wildman–Crippen MR) is 104 cm³/mol. The number of sulfone groups is 1. The number of pyridine rings is 1. The van der Waals surface area contributed by atoms with Crippen molar-refractivity contribution in [2.24, 2.45) is 0 Å². The molecule has 4 aromatic rings. The number of fused-ring (bicyclic) bond motifs is 1. The van der Waals surface area contributed by atoms with E-state index in [0.29, 0.717) is 5.39 Å². The van der Waals surface area contributed by atoms with Gasteiger partial charge in [-0.1, -0.05) is 23.7 Å². The molecule has 0 bridgehead atoms. The van der Waals surface area contributed by atoms with Gasteiger partial charge >= 0.3 is 0 Å². The van der Waals surface area contributed by atoms with Gasteiger partial charge in [-0.2, -0.15) is 0 Å². The summed E-state index contributed by atoms with van der Waals surface area (Å²) < 4.78 is 67.6. The van der Waals surface area contributed by atoms with Crippen molar-refractivity contribution in [1.82, 2.24) is 4.98 Å². The van der Waals surface area contributed by atoms with Crippen LogP contribution < -0.4 is 0 Å². The van der Waals surface area contributed by atoms with E-state index < -0.39 is 27.3 Å². The van der Waals surface area contributed by atoms with Crippen molar-refractivity contribution in [3.63, 3.8) is 0 Å². The first kappa shape index (κ1) is 19.4. The van der Waals surface area contributed by atoms with Crippen LogP contribution in [0.4, 0.5) is 13.2 Å². The van der Waals surface area contributed by atoms with E-state index in [1.54, 1.807) is 0 Å². The number of hydrogen-bond donors (Lipinski definition) is 0. The molecule has 0 amide bonds. The quantitative estimate of drug-likeness (QED) is 0.383. The molecule has 0 unspecified atom stereocenters. The average Bonchev–Trinajstić information content (AvgIpc) is 2.68. The molecule has 4 rings (SSSR count). The first-order valence-electron chi connectivity index (χ1n) is 8.32. The maximum Gasteiger partial charge on any atom is 0.208 e. The zero-order valence-corrected chi connectivity index (χ0v) is 16.1. The van der Waals surface area contributed by atoms with E-state index >= 15 is 0 Å². The van der Waals surface area contributed by atoms with Gasteiger partial charge in [0.2, 0.25) is 9.84 Å². The molecule has 0 atom stereocenters. The standard InChI is InChI=1S/C21H11ClF3NO2S/c22-17-10-15(5-7-18(17)25)29(27,28)20-11-26-19-9-14(24)4-6-16(19)21(20)12-2-1-3-13(23)8-12/h1-11H. The van der Waals surface area contributed by atoms with Crippen LogP contribution in [0.5, 0.6) is 0 Å². The topological polar surface area (TPSA) is 47.0 Å². The Hall–Kier alpha value is -2.90. The second-order valence-electron chi connectivity index (χ2n) is 6.25. The highest BCUT2D eigenvalue weighted by molar-refractivity contribution is 7.91. The Morgan fingerprint density at radius 3 is 2.34 bits per heavy atom. The maximum atomic E-state index is 13.9. The molecular formula is C21H11ClF3NO2S. The van der Waals surface area contributed by atoms with Gasteiger partial charge in [0, 0.05) is 23.2 Å². The summed E-state index contributed by atoms with van der Waals surface area (Å²) in [5.41, 5.74) is 0.645. The number of benzene rings is 3. The van der Waals surface area contributed by atoms with Crippen LogP contribution in [-0.4, -0.2) is 13.4 Å². The largest absolute Gasteiger partial charge is 0.255 e. The van der Waals surface area contributed by atoms with E-state index in [-0.39, 0.29) is 31.5 Å². The number of halogens is 4. The average molecular weight is 434 g/mol. The van der Waals surface area contributed by atoms with Gasteiger partial charge in [0.15, 0.2) is 0 Å². The van der Waals surface area contributed by atoms with Gasteiger partial charge in [-0.25, -0.2) is 21.6 Å². The molecule has 3 nitrogen and oxygen atoms in total. The van der Waals surface area contributed by atoms with Crippen LogP contribution in [0.3, 0.4) is 0 Å². The van der Waals surface area contributed by atoms with E-state index in [1.807, 2.05) is 0 Å². The zero-order valence-electron chi connectivity index (χ0n) is 14.5. The lowest BCUT2D eigenvalue weighted by Gasteiger charge is -2.14. The third-order valence-electron chi connectivity index (χ3n) is 4.40. The van der Waals surface area contributed by atoms with Crippen LogP contribution in [0.2, 0.25) is 5.02 Å². The van der Waals surface area contributed by atoms with Gasteiger partial charge in [0.25, 0.3) is 0 Å². The third-order valence-corrected chi connectivity index (χ3v) is 6.45. The van der Waals surface area contributed by atoms with E-state index in [1.165, 1.54) is 30.3 Å². The first-order valence-corrected chi connectivity index (χ1v) is 10.2. The summed E-state index contributed by atoms with van der Waals surface area (Å²) in [6, 6.07) is 12.1. The summed E-state index contributed by atoms with van der Waals surface area (Å²) >= 11 is 5.75. The van der Waals surface area contributed by atoms with Gasteiger partial charge < -0.3 is 0 Å². The van der Waals surface area contributed by atoms with Gasteiger partial charge in [0.1, 0.15) is 17.5 Å². The van der Waals surface area contributed by atoms with Crippen LogP contribution in [0, 0.1) is 17.5 Å². The summed E-state index contributed by atoms with van der Waals surface area (Å²) in [6.07, 6.45) is 1.08. The Kier molecular flexibility index (Phi) is 4.80. The van der Waals surface area contributed by atoms with Crippen LogP contribution in [-0.2, 0) is 9.84 Å². The molecule has 0 aliphatic rings. The first-order chi connectivity index (χ1) is 13.8. The number of aromatic nitrogens is 1. The van der Waals surface area contributed by atoms with Crippen molar-refractivity contribution >= 4 is 32.3 Å². The van der Waals surface area contributed by atoms with Crippen molar-refractivity contribution in [3.8, 4) is 11.1 Å². The molecule has 0 fully saturated rings. The molecule has 0 spiro atoms. The Balaban J connectivity index is 2.08. The second kappa shape index (κ2) is 7.17. The highest BCUT2D eigenvalue weighted by atomic mass is 35.5. The van der Waals surface area contributed by atoms with Gasteiger partial charge in [-0.15, -0.1) is 0 Å². The maximum absolute atomic E-state index is 13.9. The molecule has 0 saturated carbocycles. The van der Waals surface area contributed by atoms with Crippen molar-refractivity contribution < 1.29 is 21.6 Å². The minimum Gasteiger partial charge on any atom is -0.255 e. The monoisotopic (exact) mass is 433 g/mol. The number of hydrogen-bond acceptors (Lipinski definition) is 3. The third kappa shape index (κ3) is 3.47. The number of nitrogens with zero attached hydrogens (tertiary/aromatic N) is 1. The smallest absolute Gasteiger partial charge is 0.208 e. The lowest BCUT2D eigenvalue weighted by molar-refractivity contribution is 0.594. The molecule has 1 aromatic heterocycles. The zero-order chi connectivity index (χ0) is 20.8. The molecule has 0 aliphatic carbocycles. The van der Waals surface area contributed by atoms with E-state index in [0.717, 1.165) is 36.5 Å². The molecule has 1 heterocycles. The van der Waals surface area contributed by atoms with Crippen molar-refractivity contribution in [3.05, 3.63) is 89.3 Å². The van der Waals surface area contributed by atoms with E-state index in [9.17, 15) is 21.6 Å².